The van der Waals surface area contributed by atoms with Crippen LogP contribution in [0.3, 0.4) is 0 Å². The molecular weight excluding hydrogens is 420 g/mol. The summed E-state index contributed by atoms with van der Waals surface area (Å²) >= 11 is 1.30. The summed E-state index contributed by atoms with van der Waals surface area (Å²) in [6, 6.07) is 14.1. The van der Waals surface area contributed by atoms with Gasteiger partial charge in [-0.2, -0.15) is 5.26 Å². The van der Waals surface area contributed by atoms with Crippen LogP contribution in [-0.2, 0) is 4.79 Å². The maximum absolute atomic E-state index is 12.6. The largest absolute Gasteiger partial charge is 0.337 e. The Bertz CT molecular complexity index is 1120. The number of carbonyl (C=O) groups is 1. The summed E-state index contributed by atoms with van der Waals surface area (Å²) in [6.07, 6.45) is 3.47. The zero-order valence-corrected chi connectivity index (χ0v) is 19.8. The fourth-order valence-electron chi connectivity index (χ4n) is 3.20. The summed E-state index contributed by atoms with van der Waals surface area (Å²) in [5.74, 6) is 0.846. The van der Waals surface area contributed by atoms with E-state index in [2.05, 4.69) is 46.5 Å². The first kappa shape index (κ1) is 23.5. The van der Waals surface area contributed by atoms with E-state index in [-0.39, 0.29) is 17.6 Å². The quantitative estimate of drug-likeness (QED) is 0.506. The topological polar surface area (TPSA) is 96.5 Å². The first-order valence-electron chi connectivity index (χ1n) is 10.6. The number of hydrogen-bond acceptors (Lipinski definition) is 6. The molecule has 8 heteroatoms. The van der Waals surface area contributed by atoms with Gasteiger partial charge in [0.2, 0.25) is 5.91 Å². The van der Waals surface area contributed by atoms with Crippen LogP contribution in [0.1, 0.15) is 46.1 Å². The molecule has 0 radical (unpaired) electrons. The number of carbonyl (C=O) groups excluding carboxylic acids is 1. The van der Waals surface area contributed by atoms with E-state index in [1.54, 1.807) is 19.3 Å². The third-order valence-electron chi connectivity index (χ3n) is 5.47. The van der Waals surface area contributed by atoms with Crippen molar-refractivity contribution in [3.05, 3.63) is 54.4 Å². The number of nitrogens with one attached hydrogen (secondary N) is 1. The van der Waals surface area contributed by atoms with Crippen molar-refractivity contribution in [1.29, 1.82) is 5.26 Å². The van der Waals surface area contributed by atoms with Gasteiger partial charge in [-0.1, -0.05) is 57.7 Å². The van der Waals surface area contributed by atoms with Gasteiger partial charge in [0.05, 0.1) is 17.5 Å². The second-order valence-electron chi connectivity index (χ2n) is 8.40. The number of nitrogens with zero attached hydrogens (tertiary/aromatic N) is 5. The lowest BCUT2D eigenvalue weighted by Crippen LogP contribution is -2.49. The lowest BCUT2D eigenvalue weighted by Gasteiger charge is -2.27. The summed E-state index contributed by atoms with van der Waals surface area (Å²) in [7, 11) is 0. The molecule has 0 aliphatic heterocycles. The molecule has 3 aromatic rings. The number of nitriles is 1. The Balaban J connectivity index is 1.97. The van der Waals surface area contributed by atoms with Gasteiger partial charge in [0.25, 0.3) is 0 Å². The number of hydrogen-bond donors (Lipinski definition) is 1. The number of aromatic nitrogens is 4. The van der Waals surface area contributed by atoms with Gasteiger partial charge in [0, 0.05) is 18.0 Å². The summed E-state index contributed by atoms with van der Waals surface area (Å²) in [6.45, 7) is 9.85. The predicted molar refractivity (Wildman–Crippen MR) is 126 cm³/mol. The minimum Gasteiger partial charge on any atom is -0.337 e. The maximum atomic E-state index is 12.6. The lowest BCUT2D eigenvalue weighted by molar-refractivity contribution is -0.120. The van der Waals surface area contributed by atoms with Crippen LogP contribution in [0.4, 0.5) is 0 Å². The van der Waals surface area contributed by atoms with Crippen molar-refractivity contribution in [2.24, 2.45) is 5.92 Å². The molecule has 1 amide bonds. The number of thioether (sulfide) groups is 1. The van der Waals surface area contributed by atoms with Gasteiger partial charge in [-0.25, -0.2) is 0 Å². The average Bonchev–Trinajstić information content (AvgIpc) is 3.21. The van der Waals surface area contributed by atoms with Crippen molar-refractivity contribution >= 4 is 17.7 Å². The van der Waals surface area contributed by atoms with Crippen molar-refractivity contribution in [3.8, 4) is 23.1 Å². The number of rotatable bonds is 8. The number of benzene rings is 1. The zero-order valence-electron chi connectivity index (χ0n) is 19.0. The van der Waals surface area contributed by atoms with E-state index in [1.807, 2.05) is 48.7 Å². The molecule has 0 bridgehead atoms. The van der Waals surface area contributed by atoms with E-state index in [9.17, 15) is 10.1 Å². The predicted octanol–water partition coefficient (Wildman–Crippen LogP) is 4.60. The van der Waals surface area contributed by atoms with Crippen molar-refractivity contribution in [3.63, 3.8) is 0 Å². The van der Waals surface area contributed by atoms with Gasteiger partial charge in [-0.05, 0) is 42.5 Å². The molecule has 7 nitrogen and oxygen atoms in total. The summed E-state index contributed by atoms with van der Waals surface area (Å²) in [4.78, 5) is 16.9. The van der Waals surface area contributed by atoms with E-state index in [1.165, 1.54) is 11.8 Å². The van der Waals surface area contributed by atoms with E-state index < -0.39 is 5.54 Å². The Labute approximate surface area is 193 Å². The smallest absolute Gasteiger partial charge is 0.231 e. The normalized spacial score (nSPS) is 13.1. The van der Waals surface area contributed by atoms with Crippen molar-refractivity contribution in [1.82, 2.24) is 25.1 Å². The Kier molecular flexibility index (Phi) is 7.31. The molecule has 166 valence electrons. The molecule has 1 atom stereocenters. The maximum Gasteiger partial charge on any atom is 0.231 e. The molecule has 0 fully saturated rings. The van der Waals surface area contributed by atoms with Crippen LogP contribution in [0, 0.1) is 17.2 Å². The first-order chi connectivity index (χ1) is 15.3. The molecule has 2 heterocycles. The third-order valence-corrected chi connectivity index (χ3v) is 6.40. The molecule has 1 aromatic carbocycles. The molecule has 0 saturated carbocycles. The van der Waals surface area contributed by atoms with Crippen LogP contribution >= 0.6 is 11.8 Å². The van der Waals surface area contributed by atoms with E-state index in [0.717, 1.165) is 16.8 Å². The van der Waals surface area contributed by atoms with E-state index >= 15 is 0 Å². The second-order valence-corrected chi connectivity index (χ2v) is 9.35. The van der Waals surface area contributed by atoms with Crippen LogP contribution in [0.5, 0.6) is 0 Å². The Morgan fingerprint density at radius 1 is 1.19 bits per heavy atom. The Hall–Kier alpha value is -3.18. The summed E-state index contributed by atoms with van der Waals surface area (Å²) < 4.78 is 1.98. The molecule has 1 unspecified atom stereocenters. The average molecular weight is 449 g/mol. The molecule has 0 spiro atoms. The van der Waals surface area contributed by atoms with Crippen molar-refractivity contribution in [2.45, 2.75) is 51.2 Å². The molecule has 2 aromatic heterocycles. The molecule has 0 aliphatic carbocycles. The fraction of sp³-hybridized carbons (Fsp3) is 0.375. The number of amides is 1. The number of pyridine rings is 1. The van der Waals surface area contributed by atoms with Crippen LogP contribution in [0.15, 0.2) is 53.9 Å². The summed E-state index contributed by atoms with van der Waals surface area (Å²) in [5, 5.41) is 21.8. The molecular formula is C24H28N6OS. The highest BCUT2D eigenvalue weighted by Gasteiger charge is 2.30. The molecule has 3 rings (SSSR count). The highest BCUT2D eigenvalue weighted by Crippen LogP contribution is 2.32. The Morgan fingerprint density at radius 2 is 1.94 bits per heavy atom. The van der Waals surface area contributed by atoms with Gasteiger partial charge in [-0.15, -0.1) is 10.2 Å². The highest BCUT2D eigenvalue weighted by molar-refractivity contribution is 7.99. The first-order valence-corrected chi connectivity index (χ1v) is 11.6. The zero-order chi connectivity index (χ0) is 23.3. The van der Waals surface area contributed by atoms with Crippen LogP contribution in [0.25, 0.3) is 17.1 Å². The van der Waals surface area contributed by atoms with Gasteiger partial charge < -0.3 is 5.32 Å². The molecule has 0 aliphatic rings. The van der Waals surface area contributed by atoms with Crippen molar-refractivity contribution in [2.75, 3.05) is 5.75 Å². The van der Waals surface area contributed by atoms with E-state index in [4.69, 9.17) is 0 Å². The molecule has 32 heavy (non-hydrogen) atoms. The number of para-hydroxylation sites is 1. The van der Waals surface area contributed by atoms with Crippen molar-refractivity contribution < 1.29 is 4.79 Å². The third kappa shape index (κ3) is 5.00. The Morgan fingerprint density at radius 3 is 2.56 bits per heavy atom. The lowest BCUT2D eigenvalue weighted by atomic mass is 9.90. The van der Waals surface area contributed by atoms with Gasteiger partial charge in [0.1, 0.15) is 5.54 Å². The monoisotopic (exact) mass is 448 g/mol. The second kappa shape index (κ2) is 9.96. The van der Waals surface area contributed by atoms with Gasteiger partial charge >= 0.3 is 0 Å². The van der Waals surface area contributed by atoms with Gasteiger partial charge in [-0.3, -0.25) is 14.3 Å². The minimum absolute atomic E-state index is 0.0137. The van der Waals surface area contributed by atoms with E-state index in [0.29, 0.717) is 16.9 Å². The fourth-order valence-corrected chi connectivity index (χ4v) is 3.94. The summed E-state index contributed by atoms with van der Waals surface area (Å²) in [5.41, 5.74) is 2.04. The van der Waals surface area contributed by atoms with Crippen LogP contribution in [-0.4, -0.2) is 36.9 Å². The SMILES string of the molecule is CC(C)c1ccccc1-n1c(SCC(=O)NC(C)(C#N)C(C)C)nnc1-c1cccnc1. The standard InChI is InChI=1S/C24H28N6OS/c1-16(2)19-10-6-7-11-20(19)30-22(18-9-8-12-26-13-18)28-29-23(30)32-14-21(31)27-24(5,15-25)17(3)4/h6-13,16-17H,14H2,1-5H3,(H,27,31). The molecule has 1 N–H and O–H groups in total. The highest BCUT2D eigenvalue weighted by atomic mass is 32.2. The van der Waals surface area contributed by atoms with Gasteiger partial charge in [0.15, 0.2) is 11.0 Å². The minimum atomic E-state index is -0.920. The molecule has 0 saturated heterocycles. The van der Waals surface area contributed by atoms with Crippen LogP contribution in [0.2, 0.25) is 0 Å². The van der Waals surface area contributed by atoms with Crippen LogP contribution < -0.4 is 5.32 Å².